The molecule has 0 spiro atoms. The Morgan fingerprint density at radius 1 is 1.07 bits per heavy atom. The van der Waals surface area contributed by atoms with Crippen molar-refractivity contribution in [3.63, 3.8) is 0 Å². The summed E-state index contributed by atoms with van der Waals surface area (Å²) < 4.78 is 11.3. The summed E-state index contributed by atoms with van der Waals surface area (Å²) in [4.78, 5) is 11.3. The molecule has 30 heavy (non-hydrogen) atoms. The van der Waals surface area contributed by atoms with E-state index in [9.17, 15) is 9.90 Å². The highest BCUT2D eigenvalue weighted by atomic mass is 35.5. The highest BCUT2D eigenvalue weighted by Gasteiger charge is 2.14. The molecule has 3 aromatic rings. The number of carbonyl (C=O) groups is 1. The lowest BCUT2D eigenvalue weighted by molar-refractivity contribution is 0.0697. The first-order valence-electron chi connectivity index (χ1n) is 9.19. The SMILES string of the molecule is COc1ccc(C(=O)O)cc1NCc1cc(Cl)cc(Cl)c1OCc1ccc(C)cc1. The fourth-order valence-corrected chi connectivity index (χ4v) is 3.51. The number of carboxylic acids is 1. The number of nitrogens with one attached hydrogen (secondary N) is 1. The molecule has 0 atom stereocenters. The molecule has 0 bridgehead atoms. The third-order valence-electron chi connectivity index (χ3n) is 4.50. The maximum absolute atomic E-state index is 11.3. The molecule has 3 aromatic carbocycles. The molecule has 0 fully saturated rings. The number of methoxy groups -OCH3 is 1. The van der Waals surface area contributed by atoms with E-state index in [1.54, 1.807) is 18.2 Å². The Labute approximate surface area is 185 Å². The molecule has 0 aliphatic rings. The van der Waals surface area contributed by atoms with E-state index < -0.39 is 5.97 Å². The maximum Gasteiger partial charge on any atom is 0.335 e. The number of carboxylic acid groups (broad SMARTS) is 1. The summed E-state index contributed by atoms with van der Waals surface area (Å²) in [5.41, 5.74) is 3.62. The van der Waals surface area contributed by atoms with Crippen molar-refractivity contribution in [3.05, 3.63) is 86.9 Å². The zero-order valence-electron chi connectivity index (χ0n) is 16.5. The van der Waals surface area contributed by atoms with Crippen LogP contribution >= 0.6 is 23.2 Å². The first-order valence-corrected chi connectivity index (χ1v) is 9.94. The van der Waals surface area contributed by atoms with Crippen LogP contribution in [0, 0.1) is 6.92 Å². The number of aryl methyl sites for hydroxylation is 1. The van der Waals surface area contributed by atoms with E-state index in [-0.39, 0.29) is 5.56 Å². The second-order valence-electron chi connectivity index (χ2n) is 6.72. The number of hydrogen-bond donors (Lipinski definition) is 2. The number of hydrogen-bond acceptors (Lipinski definition) is 4. The van der Waals surface area contributed by atoms with Gasteiger partial charge in [-0.25, -0.2) is 4.79 Å². The third-order valence-corrected chi connectivity index (χ3v) is 5.00. The fourth-order valence-electron chi connectivity index (χ4n) is 2.92. The van der Waals surface area contributed by atoms with Crippen molar-refractivity contribution in [2.24, 2.45) is 0 Å². The van der Waals surface area contributed by atoms with Gasteiger partial charge in [0.2, 0.25) is 0 Å². The number of ether oxygens (including phenoxy) is 2. The van der Waals surface area contributed by atoms with Gasteiger partial charge in [0.05, 0.1) is 23.4 Å². The Morgan fingerprint density at radius 3 is 2.47 bits per heavy atom. The molecule has 0 aliphatic heterocycles. The van der Waals surface area contributed by atoms with E-state index >= 15 is 0 Å². The molecule has 156 valence electrons. The zero-order valence-corrected chi connectivity index (χ0v) is 18.1. The lowest BCUT2D eigenvalue weighted by Crippen LogP contribution is -2.07. The average molecular weight is 446 g/mol. The van der Waals surface area contributed by atoms with Gasteiger partial charge in [0.1, 0.15) is 18.1 Å². The lowest BCUT2D eigenvalue weighted by Gasteiger charge is -2.17. The Bertz CT molecular complexity index is 1050. The molecule has 0 saturated carbocycles. The molecular weight excluding hydrogens is 425 g/mol. The smallest absolute Gasteiger partial charge is 0.335 e. The molecule has 0 heterocycles. The molecule has 2 N–H and O–H groups in total. The highest BCUT2D eigenvalue weighted by molar-refractivity contribution is 6.35. The first kappa shape index (κ1) is 21.8. The molecule has 0 radical (unpaired) electrons. The average Bonchev–Trinajstić information content (AvgIpc) is 2.72. The molecular formula is C23H21Cl2NO4. The van der Waals surface area contributed by atoms with E-state index in [1.165, 1.54) is 24.8 Å². The van der Waals surface area contributed by atoms with Gasteiger partial charge in [-0.2, -0.15) is 0 Å². The van der Waals surface area contributed by atoms with Gasteiger partial charge in [0.15, 0.2) is 0 Å². The van der Waals surface area contributed by atoms with Crippen LogP contribution < -0.4 is 14.8 Å². The van der Waals surface area contributed by atoms with Gasteiger partial charge in [-0.15, -0.1) is 0 Å². The van der Waals surface area contributed by atoms with E-state index in [0.717, 1.165) is 11.1 Å². The molecule has 0 saturated heterocycles. The van der Waals surface area contributed by atoms with E-state index in [2.05, 4.69) is 5.32 Å². The van der Waals surface area contributed by atoms with Crippen molar-refractivity contribution in [2.75, 3.05) is 12.4 Å². The summed E-state index contributed by atoms with van der Waals surface area (Å²) in [5.74, 6) is 0.0198. The molecule has 5 nitrogen and oxygen atoms in total. The predicted molar refractivity (Wildman–Crippen MR) is 119 cm³/mol. The molecule has 0 amide bonds. The van der Waals surface area contributed by atoms with Crippen LogP contribution in [0.4, 0.5) is 5.69 Å². The van der Waals surface area contributed by atoms with Crippen LogP contribution in [0.15, 0.2) is 54.6 Å². The number of aromatic carboxylic acids is 1. The van der Waals surface area contributed by atoms with Crippen molar-refractivity contribution in [1.29, 1.82) is 0 Å². The summed E-state index contributed by atoms with van der Waals surface area (Å²) in [6, 6.07) is 16.0. The lowest BCUT2D eigenvalue weighted by atomic mass is 10.1. The summed E-state index contributed by atoms with van der Waals surface area (Å²) >= 11 is 12.6. The van der Waals surface area contributed by atoms with Crippen molar-refractivity contribution >= 4 is 34.9 Å². The van der Waals surface area contributed by atoms with Crippen molar-refractivity contribution in [1.82, 2.24) is 0 Å². The minimum atomic E-state index is -1.02. The largest absolute Gasteiger partial charge is 0.495 e. The Morgan fingerprint density at radius 2 is 1.80 bits per heavy atom. The molecule has 0 aromatic heterocycles. The molecule has 7 heteroatoms. The van der Waals surface area contributed by atoms with Crippen molar-refractivity contribution in [2.45, 2.75) is 20.1 Å². The van der Waals surface area contributed by atoms with Gasteiger partial charge >= 0.3 is 5.97 Å². The fraction of sp³-hybridized carbons (Fsp3) is 0.174. The summed E-state index contributed by atoms with van der Waals surface area (Å²) in [5, 5.41) is 13.3. The Balaban J connectivity index is 1.83. The van der Waals surface area contributed by atoms with Gasteiger partial charge < -0.3 is 19.9 Å². The molecule has 0 aliphatic carbocycles. The second-order valence-corrected chi connectivity index (χ2v) is 7.57. The number of halogens is 2. The van der Waals surface area contributed by atoms with Crippen LogP contribution in [-0.4, -0.2) is 18.2 Å². The third kappa shape index (κ3) is 5.38. The van der Waals surface area contributed by atoms with Gasteiger partial charge in [0.25, 0.3) is 0 Å². The van der Waals surface area contributed by atoms with Gasteiger partial charge in [-0.05, 0) is 42.8 Å². The van der Waals surface area contributed by atoms with Crippen LogP contribution in [0.1, 0.15) is 27.0 Å². The number of rotatable bonds is 8. The molecule has 0 unspecified atom stereocenters. The van der Waals surface area contributed by atoms with E-state index in [0.29, 0.717) is 40.4 Å². The van der Waals surface area contributed by atoms with Crippen molar-refractivity contribution in [3.8, 4) is 11.5 Å². The van der Waals surface area contributed by atoms with Crippen LogP contribution in [0.25, 0.3) is 0 Å². The zero-order chi connectivity index (χ0) is 21.7. The first-order chi connectivity index (χ1) is 14.4. The van der Waals surface area contributed by atoms with Gasteiger partial charge in [-0.1, -0.05) is 53.0 Å². The number of benzene rings is 3. The monoisotopic (exact) mass is 445 g/mol. The minimum absolute atomic E-state index is 0.151. The topological polar surface area (TPSA) is 67.8 Å². The van der Waals surface area contributed by atoms with E-state index in [1.807, 2.05) is 31.2 Å². The Hall–Kier alpha value is -2.89. The summed E-state index contributed by atoms with van der Waals surface area (Å²) in [7, 11) is 1.52. The van der Waals surface area contributed by atoms with Crippen LogP contribution in [0.5, 0.6) is 11.5 Å². The highest BCUT2D eigenvalue weighted by Crippen LogP contribution is 2.34. The standard InChI is InChI=1S/C23H21Cl2NO4/c1-14-3-5-15(6-4-14)13-30-22-17(9-18(24)11-19(22)25)12-26-20-10-16(23(27)28)7-8-21(20)29-2/h3-11,26H,12-13H2,1-2H3,(H,27,28). The minimum Gasteiger partial charge on any atom is -0.495 e. The van der Waals surface area contributed by atoms with Gasteiger partial charge in [-0.3, -0.25) is 0 Å². The van der Waals surface area contributed by atoms with Gasteiger partial charge in [0, 0.05) is 17.1 Å². The van der Waals surface area contributed by atoms with Crippen LogP contribution in [0.2, 0.25) is 10.0 Å². The van der Waals surface area contributed by atoms with Crippen LogP contribution in [-0.2, 0) is 13.2 Å². The van der Waals surface area contributed by atoms with E-state index in [4.69, 9.17) is 32.7 Å². The predicted octanol–water partition coefficient (Wildman–Crippen LogP) is 6.20. The maximum atomic E-state index is 11.3. The van der Waals surface area contributed by atoms with Crippen LogP contribution in [0.3, 0.4) is 0 Å². The quantitative estimate of drug-likeness (QED) is 0.431. The van der Waals surface area contributed by atoms with Crippen molar-refractivity contribution < 1.29 is 19.4 Å². The normalized spacial score (nSPS) is 10.5. The molecule has 3 rings (SSSR count). The second kappa shape index (κ2) is 9.74. The Kier molecular flexibility index (Phi) is 7.08. The number of anilines is 1. The summed E-state index contributed by atoms with van der Waals surface area (Å²) in [6.07, 6.45) is 0. The summed E-state index contributed by atoms with van der Waals surface area (Å²) in [6.45, 7) is 2.69.